The van der Waals surface area contributed by atoms with Gasteiger partial charge in [0.15, 0.2) is 0 Å². The Labute approximate surface area is 117 Å². The summed E-state index contributed by atoms with van der Waals surface area (Å²) in [5.74, 6) is -0.512. The average Bonchev–Trinajstić information content (AvgIpc) is 2.60. The standard InChI is InChI=1S/C15H19NO4/c1-9(17)16-12(7-13(18)19)11-6-4-5-10-8-15(2,3)20-14(10)11/h4-6,12H,7-8H2,1-3H3,(H,16,17)(H,18,19). The molecular formula is C15H19NO4. The number of carbonyl (C=O) groups is 2. The number of hydrogen-bond donors (Lipinski definition) is 2. The summed E-state index contributed by atoms with van der Waals surface area (Å²) in [6, 6.07) is 5.08. The fraction of sp³-hybridized carbons (Fsp3) is 0.467. The maximum atomic E-state index is 11.3. The molecule has 1 atom stereocenters. The van der Waals surface area contributed by atoms with Gasteiger partial charge in [-0.2, -0.15) is 0 Å². The van der Waals surface area contributed by atoms with Crippen LogP contribution in [0.2, 0.25) is 0 Å². The van der Waals surface area contributed by atoms with Gasteiger partial charge in [0.25, 0.3) is 0 Å². The molecule has 0 aromatic heterocycles. The van der Waals surface area contributed by atoms with Crippen molar-refractivity contribution < 1.29 is 19.4 Å². The normalized spacial score (nSPS) is 16.9. The minimum Gasteiger partial charge on any atom is -0.487 e. The van der Waals surface area contributed by atoms with Crippen LogP contribution in [0.15, 0.2) is 18.2 Å². The number of amides is 1. The van der Waals surface area contributed by atoms with Gasteiger partial charge in [0.1, 0.15) is 11.4 Å². The SMILES string of the molecule is CC(=O)NC(CC(=O)O)c1cccc2c1OC(C)(C)C2. The molecule has 0 bridgehead atoms. The highest BCUT2D eigenvalue weighted by atomic mass is 16.5. The van der Waals surface area contributed by atoms with E-state index < -0.39 is 12.0 Å². The highest BCUT2D eigenvalue weighted by Crippen LogP contribution is 2.40. The number of fused-ring (bicyclic) bond motifs is 1. The number of nitrogens with one attached hydrogen (secondary N) is 1. The molecule has 108 valence electrons. The van der Waals surface area contributed by atoms with E-state index in [1.165, 1.54) is 6.92 Å². The quantitative estimate of drug-likeness (QED) is 0.883. The largest absolute Gasteiger partial charge is 0.487 e. The predicted octanol–water partition coefficient (Wildman–Crippen LogP) is 2.05. The first kappa shape index (κ1) is 14.4. The molecule has 2 N–H and O–H groups in total. The summed E-state index contributed by atoms with van der Waals surface area (Å²) in [6.07, 6.45) is 0.607. The van der Waals surface area contributed by atoms with E-state index in [1.54, 1.807) is 0 Å². The Morgan fingerprint density at radius 3 is 2.75 bits per heavy atom. The number of benzene rings is 1. The van der Waals surface area contributed by atoms with Gasteiger partial charge in [0.2, 0.25) is 5.91 Å². The van der Waals surface area contributed by atoms with Crippen molar-refractivity contribution in [3.8, 4) is 5.75 Å². The van der Waals surface area contributed by atoms with Crippen molar-refractivity contribution in [2.75, 3.05) is 0 Å². The van der Waals surface area contributed by atoms with Gasteiger partial charge in [-0.25, -0.2) is 0 Å². The number of hydrogen-bond acceptors (Lipinski definition) is 3. The van der Waals surface area contributed by atoms with E-state index in [2.05, 4.69) is 5.32 Å². The molecule has 1 heterocycles. The Balaban J connectivity index is 2.38. The van der Waals surface area contributed by atoms with Crippen molar-refractivity contribution in [3.63, 3.8) is 0 Å². The van der Waals surface area contributed by atoms with Gasteiger partial charge in [0, 0.05) is 18.9 Å². The summed E-state index contributed by atoms with van der Waals surface area (Å²) in [6.45, 7) is 5.35. The molecule has 1 unspecified atom stereocenters. The van der Waals surface area contributed by atoms with Crippen LogP contribution in [0, 0.1) is 0 Å². The van der Waals surface area contributed by atoms with Crippen LogP contribution >= 0.6 is 0 Å². The number of carbonyl (C=O) groups excluding carboxylic acids is 1. The molecule has 0 saturated carbocycles. The summed E-state index contributed by atoms with van der Waals surface area (Å²) in [4.78, 5) is 22.3. The summed E-state index contributed by atoms with van der Waals surface area (Å²) in [5, 5.41) is 11.7. The molecule has 0 radical (unpaired) electrons. The molecule has 2 rings (SSSR count). The van der Waals surface area contributed by atoms with Gasteiger partial charge in [-0.1, -0.05) is 18.2 Å². The molecule has 1 amide bonds. The minimum atomic E-state index is -0.960. The third-order valence-electron chi connectivity index (χ3n) is 3.25. The molecule has 0 saturated heterocycles. The lowest BCUT2D eigenvalue weighted by atomic mass is 9.97. The number of rotatable bonds is 4. The number of ether oxygens (including phenoxy) is 1. The van der Waals surface area contributed by atoms with E-state index >= 15 is 0 Å². The highest BCUT2D eigenvalue weighted by molar-refractivity contribution is 5.75. The Bertz CT molecular complexity index is 535. The molecule has 1 aliphatic heterocycles. The fourth-order valence-electron chi connectivity index (χ4n) is 2.57. The van der Waals surface area contributed by atoms with Crippen LogP contribution in [0.3, 0.4) is 0 Å². The average molecular weight is 277 g/mol. The number of carboxylic acid groups (broad SMARTS) is 1. The van der Waals surface area contributed by atoms with Crippen LogP contribution in [0.1, 0.15) is 44.4 Å². The number of aliphatic carboxylic acids is 1. The van der Waals surface area contributed by atoms with Crippen molar-refractivity contribution in [2.24, 2.45) is 0 Å². The van der Waals surface area contributed by atoms with E-state index in [0.29, 0.717) is 5.75 Å². The number of para-hydroxylation sites is 1. The van der Waals surface area contributed by atoms with E-state index in [0.717, 1.165) is 17.5 Å². The second kappa shape index (κ2) is 5.15. The molecule has 1 aliphatic rings. The molecule has 5 heteroatoms. The van der Waals surface area contributed by atoms with Gasteiger partial charge >= 0.3 is 5.97 Å². The van der Waals surface area contributed by atoms with Crippen LogP contribution in [0.5, 0.6) is 5.75 Å². The monoisotopic (exact) mass is 277 g/mol. The maximum Gasteiger partial charge on any atom is 0.305 e. The van der Waals surface area contributed by atoms with E-state index in [9.17, 15) is 9.59 Å². The van der Waals surface area contributed by atoms with E-state index in [1.807, 2.05) is 32.0 Å². The smallest absolute Gasteiger partial charge is 0.305 e. The van der Waals surface area contributed by atoms with Gasteiger partial charge in [-0.05, 0) is 19.4 Å². The topological polar surface area (TPSA) is 75.6 Å². The Hall–Kier alpha value is -2.04. The lowest BCUT2D eigenvalue weighted by Gasteiger charge is -2.22. The van der Waals surface area contributed by atoms with Crippen LogP contribution in [-0.4, -0.2) is 22.6 Å². The van der Waals surface area contributed by atoms with E-state index in [-0.39, 0.29) is 17.9 Å². The predicted molar refractivity (Wildman–Crippen MR) is 73.7 cm³/mol. The molecule has 20 heavy (non-hydrogen) atoms. The minimum absolute atomic E-state index is 0.167. The first-order chi connectivity index (χ1) is 9.28. The highest BCUT2D eigenvalue weighted by Gasteiger charge is 2.33. The zero-order valence-electron chi connectivity index (χ0n) is 11.9. The van der Waals surface area contributed by atoms with Crippen LogP contribution in [0.25, 0.3) is 0 Å². The Morgan fingerprint density at radius 2 is 2.15 bits per heavy atom. The first-order valence-corrected chi connectivity index (χ1v) is 6.58. The van der Waals surface area contributed by atoms with Gasteiger partial charge in [0.05, 0.1) is 12.5 Å². The van der Waals surface area contributed by atoms with Gasteiger partial charge < -0.3 is 15.2 Å². The molecule has 0 aliphatic carbocycles. The first-order valence-electron chi connectivity index (χ1n) is 6.58. The van der Waals surface area contributed by atoms with Crippen LogP contribution < -0.4 is 10.1 Å². The second-order valence-electron chi connectivity index (χ2n) is 5.72. The van der Waals surface area contributed by atoms with Crippen LogP contribution in [0.4, 0.5) is 0 Å². The van der Waals surface area contributed by atoms with Gasteiger partial charge in [-0.3, -0.25) is 9.59 Å². The third kappa shape index (κ3) is 3.10. The maximum absolute atomic E-state index is 11.3. The molecule has 5 nitrogen and oxygen atoms in total. The van der Waals surface area contributed by atoms with Crippen molar-refractivity contribution >= 4 is 11.9 Å². The zero-order chi connectivity index (χ0) is 14.9. The Morgan fingerprint density at radius 1 is 1.45 bits per heavy atom. The summed E-state index contributed by atoms with van der Waals surface area (Å²) in [5.41, 5.74) is 1.47. The fourth-order valence-corrected chi connectivity index (χ4v) is 2.57. The molecule has 0 fully saturated rings. The van der Waals surface area contributed by atoms with E-state index in [4.69, 9.17) is 9.84 Å². The van der Waals surface area contributed by atoms with Crippen molar-refractivity contribution in [1.29, 1.82) is 0 Å². The summed E-state index contributed by atoms with van der Waals surface area (Å²) in [7, 11) is 0. The third-order valence-corrected chi connectivity index (χ3v) is 3.25. The number of carboxylic acids is 1. The van der Waals surface area contributed by atoms with Crippen molar-refractivity contribution in [1.82, 2.24) is 5.32 Å². The molecule has 1 aromatic carbocycles. The summed E-state index contributed by atoms with van der Waals surface area (Å²) >= 11 is 0. The van der Waals surface area contributed by atoms with Gasteiger partial charge in [-0.15, -0.1) is 0 Å². The second-order valence-corrected chi connectivity index (χ2v) is 5.72. The van der Waals surface area contributed by atoms with Crippen molar-refractivity contribution in [2.45, 2.75) is 45.3 Å². The van der Waals surface area contributed by atoms with Crippen LogP contribution in [-0.2, 0) is 16.0 Å². The lowest BCUT2D eigenvalue weighted by molar-refractivity contribution is -0.137. The lowest BCUT2D eigenvalue weighted by Crippen LogP contribution is -2.29. The molecular weight excluding hydrogens is 258 g/mol. The van der Waals surface area contributed by atoms with Crippen molar-refractivity contribution in [3.05, 3.63) is 29.3 Å². The molecule has 0 spiro atoms. The molecule has 1 aromatic rings. The Kier molecular flexibility index (Phi) is 3.70. The summed E-state index contributed by atoms with van der Waals surface area (Å²) < 4.78 is 5.93. The zero-order valence-corrected chi connectivity index (χ0v) is 11.9.